The van der Waals surface area contributed by atoms with Gasteiger partial charge in [-0.1, -0.05) is 24.3 Å². The molecule has 2 aliphatic rings. The fourth-order valence-electron chi connectivity index (χ4n) is 5.07. The molecule has 2 aromatic rings. The number of piperidine rings is 1. The molecule has 34 heavy (non-hydrogen) atoms. The molecular formula is C25H29F3N4O2. The van der Waals surface area contributed by atoms with Gasteiger partial charge < -0.3 is 4.90 Å². The number of carbonyl (C=O) groups is 2. The number of benzene rings is 1. The summed E-state index contributed by atoms with van der Waals surface area (Å²) in [5, 5.41) is 0. The predicted octanol–water partition coefficient (Wildman–Crippen LogP) is 4.35. The molecule has 9 heteroatoms. The Morgan fingerprint density at radius 1 is 1.06 bits per heavy atom. The zero-order chi connectivity index (χ0) is 24.3. The third kappa shape index (κ3) is 4.80. The van der Waals surface area contributed by atoms with Gasteiger partial charge >= 0.3 is 12.2 Å². The van der Waals surface area contributed by atoms with Crippen molar-refractivity contribution in [1.82, 2.24) is 19.7 Å². The number of amides is 3. The lowest BCUT2D eigenvalue weighted by atomic mass is 9.85. The molecule has 2 aliphatic heterocycles. The molecule has 1 aromatic heterocycles. The van der Waals surface area contributed by atoms with E-state index in [1.807, 2.05) is 19.1 Å². The second-order valence-electron chi connectivity index (χ2n) is 8.95. The van der Waals surface area contributed by atoms with Crippen LogP contribution in [0.5, 0.6) is 0 Å². The van der Waals surface area contributed by atoms with Crippen LogP contribution in [0.4, 0.5) is 18.0 Å². The third-order valence-electron chi connectivity index (χ3n) is 6.85. The number of hydrogen-bond donors (Lipinski definition) is 0. The fourth-order valence-corrected chi connectivity index (χ4v) is 5.07. The highest BCUT2D eigenvalue weighted by atomic mass is 19.4. The second kappa shape index (κ2) is 9.74. The maximum Gasteiger partial charge on any atom is 0.416 e. The van der Waals surface area contributed by atoms with Crippen LogP contribution in [-0.4, -0.2) is 63.3 Å². The molecule has 1 aromatic carbocycles. The Balaban J connectivity index is 1.39. The van der Waals surface area contributed by atoms with E-state index in [9.17, 15) is 22.8 Å². The maximum atomic E-state index is 13.4. The minimum atomic E-state index is -4.37. The number of urea groups is 1. The van der Waals surface area contributed by atoms with Gasteiger partial charge in [-0.05, 0) is 55.9 Å². The number of halogens is 3. The molecule has 0 bridgehead atoms. The Morgan fingerprint density at radius 3 is 2.44 bits per heavy atom. The molecule has 6 nitrogen and oxygen atoms in total. The van der Waals surface area contributed by atoms with Crippen LogP contribution in [0, 0.1) is 0 Å². The van der Waals surface area contributed by atoms with E-state index >= 15 is 0 Å². The minimum Gasteiger partial charge on any atom is -0.310 e. The lowest BCUT2D eigenvalue weighted by Gasteiger charge is -2.42. The van der Waals surface area contributed by atoms with Crippen LogP contribution in [0.3, 0.4) is 0 Å². The summed E-state index contributed by atoms with van der Waals surface area (Å²) >= 11 is 0. The zero-order valence-electron chi connectivity index (χ0n) is 19.2. The van der Waals surface area contributed by atoms with Crippen LogP contribution in [0.2, 0.25) is 0 Å². The molecule has 4 rings (SSSR count). The number of hydrogen-bond acceptors (Lipinski definition) is 4. The van der Waals surface area contributed by atoms with Crippen LogP contribution >= 0.6 is 0 Å². The Kier molecular flexibility index (Phi) is 6.93. The van der Waals surface area contributed by atoms with E-state index in [0.29, 0.717) is 57.5 Å². The Bertz CT molecular complexity index is 1020. The second-order valence-corrected chi connectivity index (χ2v) is 8.95. The van der Waals surface area contributed by atoms with Gasteiger partial charge in [0.15, 0.2) is 0 Å². The van der Waals surface area contributed by atoms with Crippen LogP contribution in [-0.2, 0) is 23.9 Å². The van der Waals surface area contributed by atoms with Crippen molar-refractivity contribution in [2.75, 3.05) is 26.2 Å². The number of carbonyl (C=O) groups excluding carboxylic acids is 2. The highest BCUT2D eigenvalue weighted by molar-refractivity contribution is 6.07. The van der Waals surface area contributed by atoms with E-state index in [-0.39, 0.29) is 11.9 Å². The molecule has 0 saturated carbocycles. The first kappa shape index (κ1) is 24.2. The van der Waals surface area contributed by atoms with Crippen molar-refractivity contribution in [2.24, 2.45) is 0 Å². The van der Waals surface area contributed by atoms with Gasteiger partial charge in [0.2, 0.25) is 0 Å². The number of likely N-dealkylation sites (tertiary alicyclic amines) is 1. The Morgan fingerprint density at radius 2 is 1.79 bits per heavy atom. The van der Waals surface area contributed by atoms with Crippen LogP contribution in [0.15, 0.2) is 48.8 Å². The lowest BCUT2D eigenvalue weighted by molar-refractivity contribution is -0.138. The van der Waals surface area contributed by atoms with Crippen LogP contribution in [0.1, 0.15) is 42.9 Å². The summed E-state index contributed by atoms with van der Waals surface area (Å²) in [6.45, 7) is 4.13. The molecule has 2 fully saturated rings. The fraction of sp³-hybridized carbons (Fsp3) is 0.480. The van der Waals surface area contributed by atoms with E-state index in [4.69, 9.17) is 0 Å². The number of rotatable bonds is 7. The van der Waals surface area contributed by atoms with Crippen molar-refractivity contribution in [3.63, 3.8) is 0 Å². The average molecular weight is 475 g/mol. The largest absolute Gasteiger partial charge is 0.416 e. The lowest BCUT2D eigenvalue weighted by Crippen LogP contribution is -2.56. The smallest absolute Gasteiger partial charge is 0.310 e. The Hall–Kier alpha value is -2.94. The van der Waals surface area contributed by atoms with E-state index in [2.05, 4.69) is 9.88 Å². The molecule has 2 saturated heterocycles. The van der Waals surface area contributed by atoms with Gasteiger partial charge in [0, 0.05) is 45.1 Å². The average Bonchev–Trinajstić information content (AvgIpc) is 3.01. The summed E-state index contributed by atoms with van der Waals surface area (Å²) in [7, 11) is 0. The normalized spacial score (nSPS) is 18.8. The summed E-state index contributed by atoms with van der Waals surface area (Å²) in [6, 6.07) is 8.95. The van der Waals surface area contributed by atoms with Crippen molar-refractivity contribution >= 4 is 11.9 Å². The van der Waals surface area contributed by atoms with E-state index in [1.165, 1.54) is 17.0 Å². The van der Waals surface area contributed by atoms with Gasteiger partial charge in [0.1, 0.15) is 5.54 Å². The topological polar surface area (TPSA) is 56.8 Å². The van der Waals surface area contributed by atoms with E-state index in [1.54, 1.807) is 23.4 Å². The SMILES string of the molecule is CCN1C(=O)N(CCCc2cccnc2)C(=O)C12CCN(Cc1cccc(C(F)(F)F)c1)CC2. The van der Waals surface area contributed by atoms with Crippen LogP contribution in [0.25, 0.3) is 0 Å². The molecule has 1 spiro atoms. The van der Waals surface area contributed by atoms with E-state index in [0.717, 1.165) is 18.1 Å². The van der Waals surface area contributed by atoms with Gasteiger partial charge in [0.05, 0.1) is 5.56 Å². The van der Waals surface area contributed by atoms with Crippen molar-refractivity contribution in [2.45, 2.75) is 50.9 Å². The number of nitrogens with zero attached hydrogens (tertiary/aromatic N) is 4. The Labute approximate surface area is 197 Å². The highest BCUT2D eigenvalue weighted by Crippen LogP contribution is 2.38. The van der Waals surface area contributed by atoms with Gasteiger partial charge in [-0.3, -0.25) is 19.6 Å². The summed E-state index contributed by atoms with van der Waals surface area (Å²) in [5.41, 5.74) is 0.134. The molecule has 0 unspecified atom stereocenters. The quantitative estimate of drug-likeness (QED) is 0.560. The number of likely N-dealkylation sites (N-methyl/N-ethyl adjacent to an activating group) is 1. The summed E-state index contributed by atoms with van der Waals surface area (Å²) in [4.78, 5) is 35.7. The summed E-state index contributed by atoms with van der Waals surface area (Å²) < 4.78 is 39.1. The standard InChI is InChI=1S/C25H29F3N4O2/c1-2-32-23(34)31(13-5-8-19-7-4-12-29-17-19)22(33)24(32)10-14-30(15-11-24)18-20-6-3-9-21(16-20)25(26,27)28/h3-4,6-7,9,12,16-17H,2,5,8,10-11,13-15,18H2,1H3. The van der Waals surface area contributed by atoms with E-state index < -0.39 is 17.3 Å². The zero-order valence-corrected chi connectivity index (χ0v) is 19.2. The van der Waals surface area contributed by atoms with Gasteiger partial charge in [-0.15, -0.1) is 0 Å². The predicted molar refractivity (Wildman–Crippen MR) is 121 cm³/mol. The summed E-state index contributed by atoms with van der Waals surface area (Å²) in [5.74, 6) is -0.149. The van der Waals surface area contributed by atoms with Gasteiger partial charge in [-0.25, -0.2) is 4.79 Å². The number of pyridine rings is 1. The number of alkyl halides is 3. The third-order valence-corrected chi connectivity index (χ3v) is 6.85. The molecule has 0 N–H and O–H groups in total. The first-order chi connectivity index (χ1) is 16.2. The van der Waals surface area contributed by atoms with Crippen molar-refractivity contribution in [3.8, 4) is 0 Å². The van der Waals surface area contributed by atoms with Crippen molar-refractivity contribution in [3.05, 3.63) is 65.5 Å². The first-order valence-electron chi connectivity index (χ1n) is 11.7. The molecule has 3 heterocycles. The van der Waals surface area contributed by atoms with Gasteiger partial charge in [0.25, 0.3) is 5.91 Å². The molecule has 182 valence electrons. The van der Waals surface area contributed by atoms with Crippen LogP contribution < -0.4 is 0 Å². The number of imide groups is 1. The first-order valence-corrected chi connectivity index (χ1v) is 11.7. The number of aryl methyl sites for hydroxylation is 1. The number of aromatic nitrogens is 1. The monoisotopic (exact) mass is 474 g/mol. The molecule has 0 aliphatic carbocycles. The molecule has 0 atom stereocenters. The highest BCUT2D eigenvalue weighted by Gasteiger charge is 2.57. The van der Waals surface area contributed by atoms with Crippen molar-refractivity contribution in [1.29, 1.82) is 0 Å². The maximum absolute atomic E-state index is 13.4. The minimum absolute atomic E-state index is 0.149. The van der Waals surface area contributed by atoms with Gasteiger partial charge in [-0.2, -0.15) is 13.2 Å². The molecule has 3 amide bonds. The summed E-state index contributed by atoms with van der Waals surface area (Å²) in [6.07, 6.45) is 1.47. The molecule has 0 radical (unpaired) electrons. The molecular weight excluding hydrogens is 445 g/mol. The van der Waals surface area contributed by atoms with Crippen molar-refractivity contribution < 1.29 is 22.8 Å².